The van der Waals surface area contributed by atoms with Crippen molar-refractivity contribution in [2.75, 3.05) is 17.7 Å². The Morgan fingerprint density at radius 3 is 2.79 bits per heavy atom. The second-order valence-corrected chi connectivity index (χ2v) is 4.34. The van der Waals surface area contributed by atoms with E-state index in [-0.39, 0.29) is 22.3 Å². The lowest BCUT2D eigenvalue weighted by Crippen LogP contribution is -2.26. The van der Waals surface area contributed by atoms with Crippen molar-refractivity contribution in [3.63, 3.8) is 0 Å². The molecule has 2 rings (SSSR count). The van der Waals surface area contributed by atoms with Crippen LogP contribution < -0.4 is 10.6 Å². The first-order valence-corrected chi connectivity index (χ1v) is 5.81. The van der Waals surface area contributed by atoms with Gasteiger partial charge in [-0.2, -0.15) is 0 Å². The second kappa shape index (κ2) is 5.24. The predicted octanol–water partition coefficient (Wildman–Crippen LogP) is 2.73. The maximum atomic E-state index is 13.1. The third-order valence-corrected chi connectivity index (χ3v) is 2.92. The summed E-state index contributed by atoms with van der Waals surface area (Å²) in [6, 6.07) is 7.17. The number of hydrogen-bond acceptors (Lipinski definition) is 3. The number of aromatic nitrogens is 1. The molecule has 0 radical (unpaired) electrons. The van der Waals surface area contributed by atoms with Crippen molar-refractivity contribution in [2.45, 2.75) is 0 Å². The first-order chi connectivity index (χ1) is 8.99. The smallest absolute Gasteiger partial charge is 0.259 e. The van der Waals surface area contributed by atoms with E-state index in [0.29, 0.717) is 5.69 Å². The topological polar surface area (TPSA) is 59.2 Å². The number of nitrogen functional groups attached to an aromatic ring is 1. The molecule has 0 aliphatic heterocycles. The molecule has 0 unspecified atom stereocenters. The van der Waals surface area contributed by atoms with Crippen molar-refractivity contribution in [1.29, 1.82) is 0 Å². The minimum Gasteiger partial charge on any atom is -0.382 e. The van der Waals surface area contributed by atoms with Crippen LogP contribution in [0, 0.1) is 5.82 Å². The van der Waals surface area contributed by atoms with E-state index in [1.807, 2.05) is 0 Å². The zero-order valence-electron chi connectivity index (χ0n) is 10.1. The quantitative estimate of drug-likeness (QED) is 0.919. The molecule has 6 heteroatoms. The van der Waals surface area contributed by atoms with Crippen LogP contribution in [0.4, 0.5) is 15.9 Å². The van der Waals surface area contributed by atoms with Crippen LogP contribution in [-0.4, -0.2) is 17.9 Å². The summed E-state index contributed by atoms with van der Waals surface area (Å²) in [5.41, 5.74) is 6.20. The van der Waals surface area contributed by atoms with E-state index in [9.17, 15) is 9.18 Å². The minimum absolute atomic E-state index is 0.159. The molecular weight excluding hydrogens is 269 g/mol. The van der Waals surface area contributed by atoms with Crippen LogP contribution in [0.5, 0.6) is 0 Å². The first kappa shape index (κ1) is 13.3. The lowest BCUT2D eigenvalue weighted by atomic mass is 10.2. The van der Waals surface area contributed by atoms with Crippen molar-refractivity contribution in [3.05, 3.63) is 52.9 Å². The molecule has 4 nitrogen and oxygen atoms in total. The molecule has 0 aliphatic rings. The van der Waals surface area contributed by atoms with Crippen molar-refractivity contribution >= 4 is 29.0 Å². The van der Waals surface area contributed by atoms with Gasteiger partial charge >= 0.3 is 0 Å². The van der Waals surface area contributed by atoms with Gasteiger partial charge in [0.2, 0.25) is 0 Å². The highest BCUT2D eigenvalue weighted by Crippen LogP contribution is 2.20. The Kier molecular flexibility index (Phi) is 3.66. The molecule has 0 saturated carbocycles. The molecule has 0 fully saturated rings. The van der Waals surface area contributed by atoms with Crippen LogP contribution in [-0.2, 0) is 0 Å². The lowest BCUT2D eigenvalue weighted by Gasteiger charge is -2.17. The predicted molar refractivity (Wildman–Crippen MR) is 72.8 cm³/mol. The molecule has 1 aromatic heterocycles. The second-order valence-electron chi connectivity index (χ2n) is 3.94. The molecule has 1 aromatic carbocycles. The highest BCUT2D eigenvalue weighted by atomic mass is 35.5. The summed E-state index contributed by atoms with van der Waals surface area (Å²) in [6.45, 7) is 0. The zero-order valence-corrected chi connectivity index (χ0v) is 10.9. The van der Waals surface area contributed by atoms with Gasteiger partial charge in [0.25, 0.3) is 5.91 Å². The number of rotatable bonds is 2. The molecular formula is C13H11ClFN3O. The van der Waals surface area contributed by atoms with Crippen LogP contribution in [0.3, 0.4) is 0 Å². The van der Waals surface area contributed by atoms with E-state index in [0.717, 1.165) is 0 Å². The van der Waals surface area contributed by atoms with Crippen LogP contribution >= 0.6 is 11.6 Å². The fourth-order valence-corrected chi connectivity index (χ4v) is 1.73. The van der Waals surface area contributed by atoms with E-state index < -0.39 is 5.82 Å². The summed E-state index contributed by atoms with van der Waals surface area (Å²) in [4.78, 5) is 17.3. The minimum atomic E-state index is -0.411. The van der Waals surface area contributed by atoms with Gasteiger partial charge in [0, 0.05) is 18.9 Å². The van der Waals surface area contributed by atoms with E-state index in [4.69, 9.17) is 17.3 Å². The molecule has 1 heterocycles. The zero-order chi connectivity index (χ0) is 14.0. The summed E-state index contributed by atoms with van der Waals surface area (Å²) < 4.78 is 13.1. The normalized spacial score (nSPS) is 10.3. The molecule has 19 heavy (non-hydrogen) atoms. The lowest BCUT2D eigenvalue weighted by molar-refractivity contribution is 0.0992. The number of carbonyl (C=O) groups excluding carboxylic acids is 1. The molecule has 2 aromatic rings. The summed E-state index contributed by atoms with van der Waals surface area (Å²) in [6.07, 6.45) is 1.33. The van der Waals surface area contributed by atoms with Gasteiger partial charge in [-0.15, -0.1) is 0 Å². The number of halogens is 2. The largest absolute Gasteiger partial charge is 0.382 e. The van der Waals surface area contributed by atoms with Crippen molar-refractivity contribution in [1.82, 2.24) is 4.98 Å². The number of anilines is 2. The molecule has 0 aliphatic carbocycles. The number of pyridine rings is 1. The van der Waals surface area contributed by atoms with Gasteiger partial charge in [0.1, 0.15) is 11.6 Å². The number of hydrogen-bond donors (Lipinski definition) is 1. The molecule has 0 spiro atoms. The van der Waals surface area contributed by atoms with Gasteiger partial charge in [-0.25, -0.2) is 9.37 Å². The summed E-state index contributed by atoms with van der Waals surface area (Å²) in [5.74, 6) is -0.600. The maximum absolute atomic E-state index is 13.1. The maximum Gasteiger partial charge on any atom is 0.259 e. The fourth-order valence-electron chi connectivity index (χ4n) is 1.56. The highest BCUT2D eigenvalue weighted by Gasteiger charge is 2.15. The Labute approximate surface area is 114 Å². The van der Waals surface area contributed by atoms with Gasteiger partial charge in [-0.05, 0) is 24.3 Å². The Hall–Kier alpha value is -2.14. The number of nitrogens with two attached hydrogens (primary N) is 1. The molecule has 0 bridgehead atoms. The summed E-state index contributed by atoms with van der Waals surface area (Å²) in [5, 5.41) is 0.207. The van der Waals surface area contributed by atoms with E-state index in [2.05, 4.69) is 4.98 Å². The summed E-state index contributed by atoms with van der Waals surface area (Å²) >= 11 is 5.82. The third kappa shape index (κ3) is 2.82. The summed E-state index contributed by atoms with van der Waals surface area (Å²) in [7, 11) is 1.54. The van der Waals surface area contributed by atoms with E-state index in [1.165, 1.54) is 35.4 Å². The average molecular weight is 280 g/mol. The first-order valence-electron chi connectivity index (χ1n) is 5.43. The molecule has 1 amide bonds. The third-order valence-electron chi connectivity index (χ3n) is 2.62. The van der Waals surface area contributed by atoms with Crippen LogP contribution in [0.25, 0.3) is 0 Å². The van der Waals surface area contributed by atoms with Gasteiger partial charge in [0.05, 0.1) is 10.6 Å². The highest BCUT2D eigenvalue weighted by molar-refractivity contribution is 6.33. The Bertz CT molecular complexity index is 633. The number of carbonyl (C=O) groups is 1. The fraction of sp³-hybridized carbons (Fsp3) is 0.0769. The van der Waals surface area contributed by atoms with Gasteiger partial charge in [-0.3, -0.25) is 4.79 Å². The monoisotopic (exact) mass is 279 g/mol. The van der Waals surface area contributed by atoms with Crippen LogP contribution in [0.15, 0.2) is 36.5 Å². The van der Waals surface area contributed by atoms with Crippen molar-refractivity contribution in [3.8, 4) is 0 Å². The Morgan fingerprint density at radius 2 is 2.16 bits per heavy atom. The van der Waals surface area contributed by atoms with E-state index >= 15 is 0 Å². The van der Waals surface area contributed by atoms with Gasteiger partial charge < -0.3 is 10.6 Å². The molecule has 98 valence electrons. The van der Waals surface area contributed by atoms with E-state index in [1.54, 1.807) is 13.1 Å². The number of benzene rings is 1. The Balaban J connectivity index is 2.30. The van der Waals surface area contributed by atoms with Gasteiger partial charge in [0.15, 0.2) is 0 Å². The van der Waals surface area contributed by atoms with Crippen LogP contribution in [0.2, 0.25) is 5.02 Å². The molecule has 2 N–H and O–H groups in total. The number of nitrogens with zero attached hydrogens (tertiary/aromatic N) is 2. The Morgan fingerprint density at radius 1 is 1.42 bits per heavy atom. The number of amides is 1. The molecule has 0 atom stereocenters. The molecule has 0 saturated heterocycles. The van der Waals surface area contributed by atoms with Crippen LogP contribution in [0.1, 0.15) is 10.4 Å². The van der Waals surface area contributed by atoms with Crippen molar-refractivity contribution in [2.24, 2.45) is 0 Å². The SMILES string of the molecule is CN(C(=O)c1cnc(N)c(Cl)c1)c1cccc(F)c1. The van der Waals surface area contributed by atoms with Gasteiger partial charge in [-0.1, -0.05) is 17.7 Å². The average Bonchev–Trinajstić information content (AvgIpc) is 2.40. The van der Waals surface area contributed by atoms with Crippen molar-refractivity contribution < 1.29 is 9.18 Å². The standard InChI is InChI=1S/C13H11ClFN3O/c1-18(10-4-2-3-9(15)6-10)13(19)8-5-11(14)12(16)17-7-8/h2-7H,1H3,(H2,16,17).